The fourth-order valence-corrected chi connectivity index (χ4v) is 1.87. The van der Waals surface area contributed by atoms with E-state index in [0.717, 1.165) is 0 Å². The molecular formula is C13H14N2O4. The van der Waals surface area contributed by atoms with Crippen LogP contribution in [-0.2, 0) is 0 Å². The highest BCUT2D eigenvalue weighted by atomic mass is 16.4. The third-order valence-electron chi connectivity index (χ3n) is 2.80. The summed E-state index contributed by atoms with van der Waals surface area (Å²) in [5.41, 5.74) is 1.30. The number of Topliss-reactive ketones (excluding diaryl/α,β-unsaturated/α-hetero) is 1. The molecule has 1 heterocycles. The summed E-state index contributed by atoms with van der Waals surface area (Å²) in [5, 5.41) is 21.0. The lowest BCUT2D eigenvalue weighted by Crippen LogP contribution is -2.25. The number of aromatic amines is 1. The molecule has 0 aliphatic heterocycles. The van der Waals surface area contributed by atoms with Crippen LogP contribution in [0.2, 0.25) is 0 Å². The van der Waals surface area contributed by atoms with Crippen LogP contribution in [0.15, 0.2) is 24.4 Å². The molecule has 0 fully saturated rings. The van der Waals surface area contributed by atoms with Crippen LogP contribution in [0.3, 0.4) is 0 Å². The molecule has 0 spiro atoms. The van der Waals surface area contributed by atoms with E-state index in [4.69, 9.17) is 10.2 Å². The van der Waals surface area contributed by atoms with Crippen molar-refractivity contribution in [3.8, 4) is 0 Å². The lowest BCUT2D eigenvalue weighted by Gasteiger charge is -2.01. The SMILES string of the molecule is O=C(O)c1ccc2c(C(=O)CNCCO)c[nH]c2c1. The first-order valence-corrected chi connectivity index (χ1v) is 5.82. The maximum Gasteiger partial charge on any atom is 0.335 e. The van der Waals surface area contributed by atoms with E-state index in [2.05, 4.69) is 10.3 Å². The van der Waals surface area contributed by atoms with E-state index in [-0.39, 0.29) is 24.5 Å². The van der Waals surface area contributed by atoms with Crippen LogP contribution in [0.25, 0.3) is 10.9 Å². The van der Waals surface area contributed by atoms with E-state index in [1.807, 2.05) is 0 Å². The molecule has 0 saturated carbocycles. The molecule has 0 saturated heterocycles. The normalized spacial score (nSPS) is 10.8. The summed E-state index contributed by atoms with van der Waals surface area (Å²) >= 11 is 0. The molecule has 0 aliphatic carbocycles. The van der Waals surface area contributed by atoms with E-state index in [1.165, 1.54) is 12.1 Å². The standard InChI is InChI=1S/C13H14N2O4/c16-4-3-14-7-12(17)10-6-15-11-5-8(13(18)19)1-2-9(10)11/h1-2,5-6,14-16H,3-4,7H2,(H,18,19). The fourth-order valence-electron chi connectivity index (χ4n) is 1.87. The maximum atomic E-state index is 11.9. The van der Waals surface area contributed by atoms with Crippen LogP contribution in [-0.4, -0.2) is 46.6 Å². The molecule has 100 valence electrons. The molecule has 0 unspecified atom stereocenters. The van der Waals surface area contributed by atoms with Gasteiger partial charge in [0.2, 0.25) is 0 Å². The molecule has 0 atom stereocenters. The van der Waals surface area contributed by atoms with Crippen molar-refractivity contribution in [2.75, 3.05) is 19.7 Å². The van der Waals surface area contributed by atoms with Crippen molar-refractivity contribution in [2.45, 2.75) is 0 Å². The Labute approximate surface area is 109 Å². The van der Waals surface area contributed by atoms with Gasteiger partial charge in [-0.2, -0.15) is 0 Å². The van der Waals surface area contributed by atoms with E-state index in [1.54, 1.807) is 12.3 Å². The number of fused-ring (bicyclic) bond motifs is 1. The number of carboxylic acid groups (broad SMARTS) is 1. The minimum atomic E-state index is -1.01. The summed E-state index contributed by atoms with van der Waals surface area (Å²) in [5.74, 6) is -1.11. The number of carbonyl (C=O) groups excluding carboxylic acids is 1. The zero-order valence-electron chi connectivity index (χ0n) is 10.1. The number of nitrogens with one attached hydrogen (secondary N) is 2. The second-order valence-corrected chi connectivity index (χ2v) is 4.09. The number of aromatic nitrogens is 1. The second-order valence-electron chi connectivity index (χ2n) is 4.09. The van der Waals surface area contributed by atoms with Crippen molar-refractivity contribution in [1.82, 2.24) is 10.3 Å². The quantitative estimate of drug-likeness (QED) is 0.452. The minimum absolute atomic E-state index is 0.0247. The highest BCUT2D eigenvalue weighted by Crippen LogP contribution is 2.20. The minimum Gasteiger partial charge on any atom is -0.478 e. The molecule has 0 aliphatic rings. The maximum absolute atomic E-state index is 11.9. The number of ketones is 1. The Bertz CT molecular complexity index is 618. The molecule has 0 radical (unpaired) electrons. The van der Waals surface area contributed by atoms with E-state index in [9.17, 15) is 9.59 Å². The van der Waals surface area contributed by atoms with E-state index < -0.39 is 5.97 Å². The molecule has 1 aromatic carbocycles. The van der Waals surface area contributed by atoms with Crippen molar-refractivity contribution in [3.63, 3.8) is 0 Å². The van der Waals surface area contributed by atoms with Gasteiger partial charge in [0, 0.05) is 29.2 Å². The smallest absolute Gasteiger partial charge is 0.335 e. The Morgan fingerprint density at radius 1 is 1.32 bits per heavy atom. The zero-order valence-corrected chi connectivity index (χ0v) is 10.1. The van der Waals surface area contributed by atoms with E-state index in [0.29, 0.717) is 23.0 Å². The van der Waals surface area contributed by atoms with Crippen molar-refractivity contribution >= 4 is 22.7 Å². The summed E-state index contributed by atoms with van der Waals surface area (Å²) < 4.78 is 0. The highest BCUT2D eigenvalue weighted by Gasteiger charge is 2.13. The summed E-state index contributed by atoms with van der Waals surface area (Å²) in [4.78, 5) is 25.7. The van der Waals surface area contributed by atoms with Crippen molar-refractivity contribution < 1.29 is 19.8 Å². The average Bonchev–Trinajstić information content (AvgIpc) is 2.81. The third-order valence-corrected chi connectivity index (χ3v) is 2.80. The number of aliphatic hydroxyl groups is 1. The van der Waals surface area contributed by atoms with Gasteiger partial charge in [-0.3, -0.25) is 4.79 Å². The number of hydrogen-bond donors (Lipinski definition) is 4. The molecule has 4 N–H and O–H groups in total. The van der Waals surface area contributed by atoms with Gasteiger partial charge in [0.05, 0.1) is 18.7 Å². The Morgan fingerprint density at radius 3 is 2.79 bits per heavy atom. The number of benzene rings is 1. The fraction of sp³-hybridized carbons (Fsp3) is 0.231. The van der Waals surface area contributed by atoms with Gasteiger partial charge < -0.3 is 20.5 Å². The van der Waals surface area contributed by atoms with Crippen LogP contribution < -0.4 is 5.32 Å². The molecular weight excluding hydrogens is 248 g/mol. The Morgan fingerprint density at radius 2 is 2.11 bits per heavy atom. The van der Waals surface area contributed by atoms with Crippen LogP contribution in [0.5, 0.6) is 0 Å². The van der Waals surface area contributed by atoms with E-state index >= 15 is 0 Å². The lowest BCUT2D eigenvalue weighted by molar-refractivity contribution is 0.0697. The van der Waals surface area contributed by atoms with Gasteiger partial charge in [0.25, 0.3) is 0 Å². The van der Waals surface area contributed by atoms with Gasteiger partial charge in [0.15, 0.2) is 5.78 Å². The predicted molar refractivity (Wildman–Crippen MR) is 69.5 cm³/mol. The van der Waals surface area contributed by atoms with Crippen LogP contribution >= 0.6 is 0 Å². The first-order valence-electron chi connectivity index (χ1n) is 5.82. The summed E-state index contributed by atoms with van der Waals surface area (Å²) in [6.45, 7) is 0.467. The molecule has 6 nitrogen and oxygen atoms in total. The molecule has 19 heavy (non-hydrogen) atoms. The lowest BCUT2D eigenvalue weighted by atomic mass is 10.1. The third kappa shape index (κ3) is 2.81. The van der Waals surface area contributed by atoms with Crippen LogP contribution in [0.4, 0.5) is 0 Å². The van der Waals surface area contributed by atoms with Gasteiger partial charge in [-0.05, 0) is 12.1 Å². The Hall–Kier alpha value is -2.18. The van der Waals surface area contributed by atoms with Crippen LogP contribution in [0, 0.1) is 0 Å². The number of rotatable bonds is 6. The zero-order chi connectivity index (χ0) is 13.8. The first kappa shape index (κ1) is 13.3. The number of carbonyl (C=O) groups is 2. The van der Waals surface area contributed by atoms with Crippen molar-refractivity contribution in [3.05, 3.63) is 35.5 Å². The highest BCUT2D eigenvalue weighted by molar-refractivity contribution is 6.09. The molecule has 6 heteroatoms. The number of carboxylic acids is 1. The van der Waals surface area contributed by atoms with Gasteiger partial charge >= 0.3 is 5.97 Å². The first-order chi connectivity index (χ1) is 9.13. The molecule has 2 rings (SSSR count). The number of aromatic carboxylic acids is 1. The monoisotopic (exact) mass is 262 g/mol. The molecule has 2 aromatic rings. The molecule has 0 bridgehead atoms. The summed E-state index contributed by atoms with van der Waals surface area (Å²) in [7, 11) is 0. The van der Waals surface area contributed by atoms with Gasteiger partial charge in [-0.1, -0.05) is 6.07 Å². The Kier molecular flexibility index (Phi) is 3.94. The van der Waals surface area contributed by atoms with Crippen molar-refractivity contribution in [1.29, 1.82) is 0 Å². The summed E-state index contributed by atoms with van der Waals surface area (Å²) in [6, 6.07) is 4.58. The molecule has 1 aromatic heterocycles. The Balaban J connectivity index is 2.25. The van der Waals surface area contributed by atoms with Gasteiger partial charge in [0.1, 0.15) is 0 Å². The predicted octanol–water partition coefficient (Wildman–Crippen LogP) is 0.631. The average molecular weight is 262 g/mol. The van der Waals surface area contributed by atoms with Gasteiger partial charge in [-0.25, -0.2) is 4.79 Å². The number of H-pyrrole nitrogens is 1. The topological polar surface area (TPSA) is 102 Å². The second kappa shape index (κ2) is 5.64. The van der Waals surface area contributed by atoms with Crippen LogP contribution in [0.1, 0.15) is 20.7 Å². The van der Waals surface area contributed by atoms with Crippen molar-refractivity contribution in [2.24, 2.45) is 0 Å². The summed E-state index contributed by atoms with van der Waals surface area (Å²) in [6.07, 6.45) is 1.57. The van der Waals surface area contributed by atoms with Gasteiger partial charge in [-0.15, -0.1) is 0 Å². The molecule has 0 amide bonds. The number of aliphatic hydroxyl groups excluding tert-OH is 1. The number of hydrogen-bond acceptors (Lipinski definition) is 4. The largest absolute Gasteiger partial charge is 0.478 e.